The lowest BCUT2D eigenvalue weighted by Crippen LogP contribution is -2.39. The maximum atomic E-state index is 12.8. The van der Waals surface area contributed by atoms with Crippen molar-refractivity contribution in [1.82, 2.24) is 0 Å². The largest absolute Gasteiger partial charge is 0.478 e. The summed E-state index contributed by atoms with van der Waals surface area (Å²) in [6.45, 7) is 11.5. The molecule has 0 aromatic rings. The van der Waals surface area contributed by atoms with E-state index in [0.717, 1.165) is 29.2 Å². The normalized spacial score (nSPS) is 36.6. The van der Waals surface area contributed by atoms with Gasteiger partial charge in [-0.15, -0.1) is 0 Å². The summed E-state index contributed by atoms with van der Waals surface area (Å²) in [6.07, 6.45) is 7.98. The number of rotatable bonds is 6. The van der Waals surface area contributed by atoms with Crippen LogP contribution in [0.15, 0.2) is 46.6 Å². The summed E-state index contributed by atoms with van der Waals surface area (Å²) in [5, 5.41) is 8.91. The number of allylic oxidation sites excluding steroid dienone is 5. The van der Waals surface area contributed by atoms with Crippen molar-refractivity contribution in [2.24, 2.45) is 23.7 Å². The summed E-state index contributed by atoms with van der Waals surface area (Å²) < 4.78 is 5.82. The second kappa shape index (κ2) is 8.10. The van der Waals surface area contributed by atoms with Crippen molar-refractivity contribution in [3.8, 4) is 0 Å². The molecule has 0 bridgehead atoms. The van der Waals surface area contributed by atoms with Gasteiger partial charge in [-0.25, -0.2) is 4.79 Å². The van der Waals surface area contributed by atoms with Crippen LogP contribution in [0.1, 0.15) is 54.4 Å². The van der Waals surface area contributed by atoms with Gasteiger partial charge in [0.25, 0.3) is 0 Å². The highest BCUT2D eigenvalue weighted by Crippen LogP contribution is 2.49. The molecule has 5 nitrogen and oxygen atoms in total. The van der Waals surface area contributed by atoms with E-state index in [4.69, 9.17) is 9.84 Å². The predicted molar refractivity (Wildman–Crippen MR) is 115 cm³/mol. The number of Topliss-reactive ketones (excluding diaryl/α,β-unsaturated/α-hetero) is 2. The third-order valence-corrected chi connectivity index (χ3v) is 6.83. The van der Waals surface area contributed by atoms with Crippen LogP contribution in [-0.4, -0.2) is 34.3 Å². The molecule has 0 radical (unpaired) electrons. The molecule has 0 amide bonds. The third-order valence-electron chi connectivity index (χ3n) is 6.83. The first-order chi connectivity index (χ1) is 13.9. The summed E-state index contributed by atoms with van der Waals surface area (Å²) >= 11 is 0. The number of hydrogen-bond donors (Lipinski definition) is 1. The molecule has 0 unspecified atom stereocenters. The van der Waals surface area contributed by atoms with Gasteiger partial charge in [-0.3, -0.25) is 9.59 Å². The van der Waals surface area contributed by atoms with Gasteiger partial charge < -0.3 is 9.84 Å². The van der Waals surface area contributed by atoms with Gasteiger partial charge in [-0.05, 0) is 51.7 Å². The molecule has 0 aromatic heterocycles. The van der Waals surface area contributed by atoms with Gasteiger partial charge >= 0.3 is 5.97 Å². The van der Waals surface area contributed by atoms with E-state index in [1.54, 1.807) is 13.0 Å². The quantitative estimate of drug-likeness (QED) is 0.396. The maximum absolute atomic E-state index is 12.8. The fraction of sp³-hybridized carbons (Fsp3) is 0.560. The first-order valence-electron chi connectivity index (χ1n) is 10.7. The molecule has 5 heteroatoms. The Labute approximate surface area is 178 Å². The van der Waals surface area contributed by atoms with Crippen LogP contribution in [0.3, 0.4) is 0 Å². The minimum atomic E-state index is -1.000. The number of fused-ring (bicyclic) bond motifs is 1. The zero-order valence-corrected chi connectivity index (χ0v) is 18.7. The van der Waals surface area contributed by atoms with Crippen LogP contribution in [0.25, 0.3) is 0 Å². The molecule has 1 saturated heterocycles. The zero-order chi connectivity index (χ0) is 22.4. The molecular weight excluding hydrogens is 380 g/mol. The number of carbonyl (C=O) groups is 3. The number of epoxide rings is 1. The lowest BCUT2D eigenvalue weighted by molar-refractivity contribution is -0.131. The minimum Gasteiger partial charge on any atom is -0.478 e. The van der Waals surface area contributed by atoms with Crippen molar-refractivity contribution in [3.63, 3.8) is 0 Å². The first-order valence-corrected chi connectivity index (χ1v) is 10.7. The Morgan fingerprint density at radius 3 is 2.57 bits per heavy atom. The van der Waals surface area contributed by atoms with E-state index in [9.17, 15) is 14.4 Å². The molecule has 2 aliphatic carbocycles. The van der Waals surface area contributed by atoms with E-state index >= 15 is 0 Å². The molecule has 1 saturated carbocycles. The molecule has 6 atom stereocenters. The average Bonchev–Trinajstić information content (AvgIpc) is 3.33. The highest BCUT2D eigenvalue weighted by molar-refractivity contribution is 5.86. The van der Waals surface area contributed by atoms with Crippen molar-refractivity contribution >= 4 is 17.5 Å². The Balaban J connectivity index is 1.98. The molecule has 1 aliphatic heterocycles. The zero-order valence-electron chi connectivity index (χ0n) is 18.7. The second-order valence-corrected chi connectivity index (χ2v) is 9.42. The standard InChI is InChI=1S/C25H32O5/c1-13-9-18-10-14(2)23(29)17(5)22(18)20(19(13)12-16(4)26)11-15(3)24-25(6,30-24)8-7-21(27)28/h7-9,11,14,17,20,22,24H,10,12H2,1-6H3,(H,27,28)/b8-7+,15-11+/t14-,17+,20+,22-,24-,25-/m0/s1. The highest BCUT2D eigenvalue weighted by Gasteiger charge is 2.52. The molecule has 0 aromatic carbocycles. The van der Waals surface area contributed by atoms with E-state index in [1.165, 1.54) is 5.57 Å². The first kappa shape index (κ1) is 22.4. The highest BCUT2D eigenvalue weighted by atomic mass is 16.6. The third kappa shape index (κ3) is 4.27. The van der Waals surface area contributed by atoms with Gasteiger partial charge in [0, 0.05) is 30.3 Å². The summed E-state index contributed by atoms with van der Waals surface area (Å²) in [5.41, 5.74) is 3.86. The lowest BCUT2D eigenvalue weighted by atomic mass is 9.61. The summed E-state index contributed by atoms with van der Waals surface area (Å²) in [4.78, 5) is 35.7. The van der Waals surface area contributed by atoms with E-state index in [2.05, 4.69) is 19.1 Å². The van der Waals surface area contributed by atoms with Crippen LogP contribution in [0.5, 0.6) is 0 Å². The second-order valence-electron chi connectivity index (χ2n) is 9.42. The SMILES string of the molecule is CC(=O)CC1=C(C)C=C2C[C@H](C)C(=O)[C@H](C)[C@@H]2[C@@H]1/C=C(\C)[C@@H]1O[C@@]1(C)/C=C/C(=O)O. The van der Waals surface area contributed by atoms with E-state index in [0.29, 0.717) is 6.42 Å². The number of carbonyl (C=O) groups excluding carboxylic acids is 2. The number of carboxylic acid groups (broad SMARTS) is 1. The van der Waals surface area contributed by atoms with Crippen LogP contribution >= 0.6 is 0 Å². The number of ketones is 2. The summed E-state index contributed by atoms with van der Waals surface area (Å²) in [6, 6.07) is 0. The summed E-state index contributed by atoms with van der Waals surface area (Å²) in [5.74, 6) is -0.670. The minimum absolute atomic E-state index is 0.0200. The number of ether oxygens (including phenoxy) is 1. The van der Waals surface area contributed by atoms with Gasteiger partial charge in [-0.2, -0.15) is 0 Å². The average molecular weight is 413 g/mol. The van der Waals surface area contributed by atoms with Crippen LogP contribution in [0, 0.1) is 23.7 Å². The molecule has 3 rings (SSSR count). The predicted octanol–water partition coefficient (Wildman–Crippen LogP) is 4.44. The number of hydrogen-bond acceptors (Lipinski definition) is 4. The number of aliphatic carboxylic acids is 1. The van der Waals surface area contributed by atoms with Gasteiger partial charge in [0.1, 0.15) is 23.3 Å². The van der Waals surface area contributed by atoms with Gasteiger partial charge in [0.2, 0.25) is 0 Å². The van der Waals surface area contributed by atoms with E-state index in [-0.39, 0.29) is 41.3 Å². The van der Waals surface area contributed by atoms with Crippen LogP contribution in [-0.2, 0) is 19.1 Å². The Morgan fingerprint density at radius 1 is 1.30 bits per heavy atom. The maximum Gasteiger partial charge on any atom is 0.328 e. The van der Waals surface area contributed by atoms with E-state index < -0.39 is 11.6 Å². The number of carboxylic acids is 1. The van der Waals surface area contributed by atoms with Crippen molar-refractivity contribution in [1.29, 1.82) is 0 Å². The van der Waals surface area contributed by atoms with E-state index in [1.807, 2.05) is 27.7 Å². The molecule has 30 heavy (non-hydrogen) atoms. The van der Waals surface area contributed by atoms with Crippen molar-refractivity contribution in [3.05, 3.63) is 46.6 Å². The van der Waals surface area contributed by atoms with Crippen LogP contribution < -0.4 is 0 Å². The molecule has 2 fully saturated rings. The molecule has 162 valence electrons. The van der Waals surface area contributed by atoms with Gasteiger partial charge in [-0.1, -0.05) is 42.7 Å². The van der Waals surface area contributed by atoms with Gasteiger partial charge in [0.05, 0.1) is 0 Å². The summed E-state index contributed by atoms with van der Waals surface area (Å²) in [7, 11) is 0. The Hall–Kier alpha value is -2.27. The molecule has 1 N–H and O–H groups in total. The lowest BCUT2D eigenvalue weighted by Gasteiger charge is -2.42. The topological polar surface area (TPSA) is 84.0 Å². The molecule has 3 aliphatic rings. The van der Waals surface area contributed by atoms with Crippen molar-refractivity contribution in [2.45, 2.75) is 66.1 Å². The Morgan fingerprint density at radius 2 is 1.97 bits per heavy atom. The molecule has 0 spiro atoms. The van der Waals surface area contributed by atoms with Crippen molar-refractivity contribution in [2.75, 3.05) is 0 Å². The monoisotopic (exact) mass is 412 g/mol. The van der Waals surface area contributed by atoms with Crippen LogP contribution in [0.4, 0.5) is 0 Å². The Bertz CT molecular complexity index is 902. The van der Waals surface area contributed by atoms with Gasteiger partial charge in [0.15, 0.2) is 0 Å². The molecular formula is C25H32O5. The fourth-order valence-corrected chi connectivity index (χ4v) is 5.31. The van der Waals surface area contributed by atoms with Crippen molar-refractivity contribution < 1.29 is 24.2 Å². The Kier molecular flexibility index (Phi) is 6.06. The molecule has 1 heterocycles. The van der Waals surface area contributed by atoms with Crippen LogP contribution in [0.2, 0.25) is 0 Å². The smallest absolute Gasteiger partial charge is 0.328 e. The fourth-order valence-electron chi connectivity index (χ4n) is 5.31.